The lowest BCUT2D eigenvalue weighted by atomic mass is 10.0. The maximum Gasteiger partial charge on any atom is 0.522 e. The van der Waals surface area contributed by atoms with E-state index in [0.717, 1.165) is 25.8 Å². The second-order valence-electron chi connectivity index (χ2n) is 4.54. The highest BCUT2D eigenvalue weighted by molar-refractivity contribution is 4.94. The summed E-state index contributed by atoms with van der Waals surface area (Å²) in [6.45, 7) is 0.0227. The first-order valence-electron chi connectivity index (χ1n) is 6.33. The van der Waals surface area contributed by atoms with Crippen LogP contribution < -0.4 is 4.74 Å². The normalized spacial score (nSPS) is 21.1. The summed E-state index contributed by atoms with van der Waals surface area (Å²) < 4.78 is 49.0. The minimum atomic E-state index is -4.66. The highest BCUT2D eigenvalue weighted by atomic mass is 19.4. The Morgan fingerprint density at radius 2 is 2.10 bits per heavy atom. The molecule has 1 atom stereocenters. The van der Waals surface area contributed by atoms with Gasteiger partial charge in [0.05, 0.1) is 12.6 Å². The molecule has 0 saturated carbocycles. The van der Waals surface area contributed by atoms with Crippen LogP contribution in [-0.4, -0.2) is 48.3 Å². The third-order valence-corrected chi connectivity index (χ3v) is 3.05. The average molecular weight is 295 g/mol. The van der Waals surface area contributed by atoms with Gasteiger partial charge < -0.3 is 9.15 Å². The van der Waals surface area contributed by atoms with Crippen LogP contribution in [0.15, 0.2) is 4.42 Å². The molecule has 2 heterocycles. The number of alkyl halides is 3. The fourth-order valence-corrected chi connectivity index (χ4v) is 2.09. The van der Waals surface area contributed by atoms with Crippen LogP contribution in [0, 0.1) is 0 Å². The molecule has 114 valence electrons. The van der Waals surface area contributed by atoms with Crippen molar-refractivity contribution in [2.75, 3.05) is 26.8 Å². The Balaban J connectivity index is 1.80. The van der Waals surface area contributed by atoms with Crippen molar-refractivity contribution in [3.63, 3.8) is 0 Å². The standard InChI is InChI=1S/C11H16F3N3O3/c1-17-5-3-2-4-8(17)9-15-16-10(20-9)18-6-7-19-11(12,13)14/h8H,2-7H2,1H3/t8-/m1/s1. The Hall–Kier alpha value is -1.35. The molecule has 1 saturated heterocycles. The Bertz CT molecular complexity index is 425. The van der Waals surface area contributed by atoms with E-state index in [0.29, 0.717) is 5.89 Å². The molecule has 0 bridgehead atoms. The molecule has 0 unspecified atom stereocenters. The van der Waals surface area contributed by atoms with Gasteiger partial charge in [-0.15, -0.1) is 18.3 Å². The molecule has 6 nitrogen and oxygen atoms in total. The zero-order valence-electron chi connectivity index (χ0n) is 11.0. The summed E-state index contributed by atoms with van der Waals surface area (Å²) in [5.74, 6) is 0.430. The van der Waals surface area contributed by atoms with Crippen molar-refractivity contribution in [3.05, 3.63) is 5.89 Å². The minimum absolute atomic E-state index is 0.0417. The molecule has 0 aromatic carbocycles. The SMILES string of the molecule is CN1CCCC[C@@H]1c1nnc(OCCOC(F)(F)F)o1. The number of piperidine rings is 1. The van der Waals surface area contributed by atoms with Crippen molar-refractivity contribution < 1.29 is 27.1 Å². The number of aromatic nitrogens is 2. The van der Waals surface area contributed by atoms with E-state index in [1.165, 1.54) is 0 Å². The number of hydrogen-bond donors (Lipinski definition) is 0. The van der Waals surface area contributed by atoms with Gasteiger partial charge in [0, 0.05) is 0 Å². The predicted molar refractivity (Wildman–Crippen MR) is 61.0 cm³/mol. The minimum Gasteiger partial charge on any atom is -0.447 e. The van der Waals surface area contributed by atoms with E-state index < -0.39 is 13.0 Å². The lowest BCUT2D eigenvalue weighted by Gasteiger charge is -2.29. The van der Waals surface area contributed by atoms with E-state index in [-0.39, 0.29) is 18.7 Å². The van der Waals surface area contributed by atoms with Gasteiger partial charge in [0.25, 0.3) is 0 Å². The van der Waals surface area contributed by atoms with Gasteiger partial charge in [0.1, 0.15) is 6.61 Å². The van der Waals surface area contributed by atoms with E-state index >= 15 is 0 Å². The Morgan fingerprint density at radius 1 is 1.30 bits per heavy atom. The molecule has 0 N–H and O–H groups in total. The third-order valence-electron chi connectivity index (χ3n) is 3.05. The molecule has 0 radical (unpaired) electrons. The van der Waals surface area contributed by atoms with Gasteiger partial charge in [-0.25, -0.2) is 0 Å². The zero-order valence-corrected chi connectivity index (χ0v) is 11.0. The van der Waals surface area contributed by atoms with Gasteiger partial charge >= 0.3 is 12.4 Å². The summed E-state index contributed by atoms with van der Waals surface area (Å²) in [6, 6.07) is 0.0417. The monoisotopic (exact) mass is 295 g/mol. The van der Waals surface area contributed by atoms with E-state index in [9.17, 15) is 13.2 Å². The van der Waals surface area contributed by atoms with Crippen molar-refractivity contribution in [1.29, 1.82) is 0 Å². The highest BCUT2D eigenvalue weighted by Gasteiger charge is 2.29. The van der Waals surface area contributed by atoms with Gasteiger partial charge in [0.2, 0.25) is 5.89 Å². The maximum absolute atomic E-state index is 11.7. The number of rotatable bonds is 5. The maximum atomic E-state index is 11.7. The fraction of sp³-hybridized carbons (Fsp3) is 0.818. The summed E-state index contributed by atoms with van der Waals surface area (Å²) in [7, 11) is 1.96. The van der Waals surface area contributed by atoms with Crippen LogP contribution >= 0.6 is 0 Å². The molecular formula is C11H16F3N3O3. The van der Waals surface area contributed by atoms with Crippen molar-refractivity contribution in [1.82, 2.24) is 15.1 Å². The second kappa shape index (κ2) is 6.40. The first-order chi connectivity index (χ1) is 9.46. The summed E-state index contributed by atoms with van der Waals surface area (Å²) in [5, 5.41) is 7.53. The Morgan fingerprint density at radius 3 is 2.80 bits per heavy atom. The molecule has 1 aromatic rings. The van der Waals surface area contributed by atoms with E-state index in [1.807, 2.05) is 7.05 Å². The number of nitrogens with zero attached hydrogens (tertiary/aromatic N) is 3. The highest BCUT2D eigenvalue weighted by Crippen LogP contribution is 2.29. The van der Waals surface area contributed by atoms with Crippen LogP contribution in [0.25, 0.3) is 0 Å². The molecule has 0 amide bonds. The van der Waals surface area contributed by atoms with Gasteiger partial charge in [-0.2, -0.15) is 0 Å². The molecule has 1 aliphatic rings. The summed E-state index contributed by atoms with van der Waals surface area (Å²) in [6.07, 6.45) is -1.68. The zero-order chi connectivity index (χ0) is 14.6. The number of likely N-dealkylation sites (tertiary alicyclic amines) is 1. The van der Waals surface area contributed by atoms with Crippen LogP contribution in [0.2, 0.25) is 0 Å². The molecule has 0 spiro atoms. The van der Waals surface area contributed by atoms with Crippen LogP contribution in [-0.2, 0) is 4.74 Å². The van der Waals surface area contributed by atoms with Gasteiger partial charge in [-0.1, -0.05) is 11.5 Å². The Kier molecular flexibility index (Phi) is 4.81. The Labute approximate surface area is 113 Å². The number of hydrogen-bond acceptors (Lipinski definition) is 6. The van der Waals surface area contributed by atoms with Gasteiger partial charge in [0.15, 0.2) is 0 Å². The molecule has 2 rings (SSSR count). The summed E-state index contributed by atoms with van der Waals surface area (Å²) in [5.41, 5.74) is 0. The lowest BCUT2D eigenvalue weighted by Crippen LogP contribution is -2.29. The average Bonchev–Trinajstić information content (AvgIpc) is 2.83. The molecule has 1 fully saturated rings. The first kappa shape index (κ1) is 15.0. The lowest BCUT2D eigenvalue weighted by molar-refractivity contribution is -0.325. The second-order valence-corrected chi connectivity index (χ2v) is 4.54. The van der Waals surface area contributed by atoms with Crippen molar-refractivity contribution >= 4 is 0 Å². The smallest absolute Gasteiger partial charge is 0.447 e. The molecule has 20 heavy (non-hydrogen) atoms. The molecule has 1 aliphatic heterocycles. The fourth-order valence-electron chi connectivity index (χ4n) is 2.09. The molecule has 9 heteroatoms. The summed E-state index contributed by atoms with van der Waals surface area (Å²) in [4.78, 5) is 2.10. The van der Waals surface area contributed by atoms with Crippen LogP contribution in [0.5, 0.6) is 6.08 Å². The van der Waals surface area contributed by atoms with E-state index in [2.05, 4.69) is 19.8 Å². The van der Waals surface area contributed by atoms with E-state index in [4.69, 9.17) is 9.15 Å². The summed E-state index contributed by atoms with van der Waals surface area (Å²) >= 11 is 0. The first-order valence-corrected chi connectivity index (χ1v) is 6.33. The van der Waals surface area contributed by atoms with E-state index in [1.54, 1.807) is 0 Å². The molecular weight excluding hydrogens is 279 g/mol. The van der Waals surface area contributed by atoms with Crippen molar-refractivity contribution in [2.24, 2.45) is 0 Å². The van der Waals surface area contributed by atoms with Crippen molar-refractivity contribution in [3.8, 4) is 6.08 Å². The topological polar surface area (TPSA) is 60.6 Å². The van der Waals surface area contributed by atoms with Crippen molar-refractivity contribution in [2.45, 2.75) is 31.7 Å². The van der Waals surface area contributed by atoms with Crippen LogP contribution in [0.4, 0.5) is 13.2 Å². The quantitative estimate of drug-likeness (QED) is 0.776. The largest absolute Gasteiger partial charge is 0.522 e. The van der Waals surface area contributed by atoms with Gasteiger partial charge in [-0.3, -0.25) is 9.64 Å². The molecule has 0 aliphatic carbocycles. The van der Waals surface area contributed by atoms with Crippen LogP contribution in [0.3, 0.4) is 0 Å². The number of ether oxygens (including phenoxy) is 2. The third kappa shape index (κ3) is 4.34. The molecule has 1 aromatic heterocycles. The number of halogens is 3. The van der Waals surface area contributed by atoms with Crippen LogP contribution in [0.1, 0.15) is 31.2 Å². The predicted octanol–water partition coefficient (Wildman–Crippen LogP) is 2.14. The van der Waals surface area contributed by atoms with Gasteiger partial charge in [-0.05, 0) is 26.4 Å².